The maximum atomic E-state index is 2.50. The topological polar surface area (TPSA) is 0 Å². The summed E-state index contributed by atoms with van der Waals surface area (Å²) in [4.78, 5) is 0. The highest BCUT2D eigenvalue weighted by molar-refractivity contribution is 4.91. The summed E-state index contributed by atoms with van der Waals surface area (Å²) >= 11 is 0. The van der Waals surface area contributed by atoms with E-state index >= 15 is 0 Å². The second-order valence-electron chi connectivity index (χ2n) is 4.22. The average molecular weight is 125 g/mol. The summed E-state index contributed by atoms with van der Waals surface area (Å²) in [6, 6.07) is 0. The first-order valence-electron chi connectivity index (χ1n) is 3.94. The van der Waals surface area contributed by atoms with Crippen molar-refractivity contribution >= 4 is 0 Å². The number of rotatable bonds is 1. The normalized spacial score (nSPS) is 21.7. The molecular weight excluding hydrogens is 108 g/mol. The molecule has 1 aliphatic rings. The van der Waals surface area contributed by atoms with Crippen molar-refractivity contribution in [2.24, 2.45) is 11.3 Å². The lowest BCUT2D eigenvalue weighted by Crippen LogP contribution is -2.19. The van der Waals surface area contributed by atoms with Crippen molar-refractivity contribution in [3.8, 4) is 0 Å². The van der Waals surface area contributed by atoms with Crippen LogP contribution in [0.2, 0.25) is 0 Å². The maximum Gasteiger partial charge on any atom is -0.0301 e. The molecule has 0 aromatic carbocycles. The minimum atomic E-state index is 0.449. The number of hydrogen-bond donors (Lipinski definition) is 0. The predicted molar refractivity (Wildman–Crippen MR) is 41.1 cm³/mol. The van der Waals surface area contributed by atoms with Gasteiger partial charge in [-0.25, -0.2) is 0 Å². The lowest BCUT2D eigenvalue weighted by molar-refractivity contribution is 0.297. The number of hydrogen-bond acceptors (Lipinski definition) is 0. The molecule has 0 aromatic heterocycles. The fraction of sp³-hybridized carbons (Fsp3) is 0.889. The standard InChI is InChI=1S/C9H17/c1-9(2,3)7-8-5-4-6-8/h7-8H,4-6H2,1-3H3. The molecule has 0 unspecified atom stereocenters. The highest BCUT2D eigenvalue weighted by Gasteiger charge is 2.23. The summed E-state index contributed by atoms with van der Waals surface area (Å²) in [6.07, 6.45) is 6.84. The van der Waals surface area contributed by atoms with Crippen molar-refractivity contribution in [1.82, 2.24) is 0 Å². The van der Waals surface area contributed by atoms with Crippen LogP contribution >= 0.6 is 0 Å². The van der Waals surface area contributed by atoms with E-state index in [0.717, 1.165) is 5.92 Å². The molecule has 0 heterocycles. The first kappa shape index (κ1) is 7.11. The summed E-state index contributed by atoms with van der Waals surface area (Å²) in [7, 11) is 0. The van der Waals surface area contributed by atoms with Gasteiger partial charge >= 0.3 is 0 Å². The summed E-state index contributed by atoms with van der Waals surface area (Å²) in [6.45, 7) is 6.85. The van der Waals surface area contributed by atoms with E-state index in [1.54, 1.807) is 0 Å². The molecule has 53 valence electrons. The largest absolute Gasteiger partial charge is 0.0599 e. The van der Waals surface area contributed by atoms with Gasteiger partial charge in [-0.2, -0.15) is 0 Å². The summed E-state index contributed by atoms with van der Waals surface area (Å²) in [5.41, 5.74) is 0.449. The van der Waals surface area contributed by atoms with E-state index < -0.39 is 0 Å². The van der Waals surface area contributed by atoms with Crippen molar-refractivity contribution in [3.05, 3.63) is 6.42 Å². The molecule has 1 radical (unpaired) electrons. The fourth-order valence-electron chi connectivity index (χ4n) is 1.31. The van der Waals surface area contributed by atoms with Gasteiger partial charge in [-0.15, -0.1) is 0 Å². The van der Waals surface area contributed by atoms with E-state index in [1.165, 1.54) is 19.3 Å². The average Bonchev–Trinajstić information content (AvgIpc) is 1.53. The van der Waals surface area contributed by atoms with E-state index in [2.05, 4.69) is 27.2 Å². The van der Waals surface area contributed by atoms with Gasteiger partial charge in [0.15, 0.2) is 0 Å². The molecular formula is C9H17. The van der Waals surface area contributed by atoms with Gasteiger partial charge in [-0.05, 0) is 17.8 Å². The van der Waals surface area contributed by atoms with E-state index in [9.17, 15) is 0 Å². The van der Waals surface area contributed by atoms with Crippen LogP contribution in [0.4, 0.5) is 0 Å². The van der Waals surface area contributed by atoms with Gasteiger partial charge in [-0.3, -0.25) is 0 Å². The van der Waals surface area contributed by atoms with Gasteiger partial charge in [0, 0.05) is 0 Å². The zero-order valence-corrected chi connectivity index (χ0v) is 6.78. The third-order valence-electron chi connectivity index (χ3n) is 1.89. The van der Waals surface area contributed by atoms with Crippen LogP contribution in [-0.4, -0.2) is 0 Å². The molecule has 0 heteroatoms. The quantitative estimate of drug-likeness (QED) is 0.505. The van der Waals surface area contributed by atoms with Crippen LogP contribution in [0.15, 0.2) is 0 Å². The summed E-state index contributed by atoms with van der Waals surface area (Å²) in [5.74, 6) is 0.949. The Kier molecular flexibility index (Phi) is 1.83. The van der Waals surface area contributed by atoms with E-state index in [4.69, 9.17) is 0 Å². The fourth-order valence-corrected chi connectivity index (χ4v) is 1.31. The molecule has 1 saturated carbocycles. The van der Waals surface area contributed by atoms with Crippen LogP contribution in [0.5, 0.6) is 0 Å². The first-order chi connectivity index (χ1) is 4.08. The Hall–Kier alpha value is 0. The van der Waals surface area contributed by atoms with Crippen molar-refractivity contribution in [1.29, 1.82) is 0 Å². The second-order valence-corrected chi connectivity index (χ2v) is 4.22. The Bertz CT molecular complexity index is 82.7. The van der Waals surface area contributed by atoms with Crippen molar-refractivity contribution in [3.63, 3.8) is 0 Å². The van der Waals surface area contributed by atoms with Gasteiger partial charge in [-0.1, -0.05) is 40.0 Å². The Morgan fingerprint density at radius 1 is 1.22 bits per heavy atom. The van der Waals surface area contributed by atoms with Gasteiger partial charge < -0.3 is 0 Å². The molecule has 9 heavy (non-hydrogen) atoms. The molecule has 0 spiro atoms. The molecule has 1 aliphatic carbocycles. The lowest BCUT2D eigenvalue weighted by atomic mass is 9.74. The SMILES string of the molecule is CC(C)(C)[CH]C1CCC1. The third kappa shape index (κ3) is 2.38. The molecule has 0 N–H and O–H groups in total. The zero-order valence-electron chi connectivity index (χ0n) is 6.78. The molecule has 1 fully saturated rings. The Morgan fingerprint density at radius 3 is 1.89 bits per heavy atom. The Labute approximate surface area is 58.7 Å². The van der Waals surface area contributed by atoms with E-state index in [0.29, 0.717) is 5.41 Å². The van der Waals surface area contributed by atoms with Crippen LogP contribution in [0.25, 0.3) is 0 Å². The molecule has 0 bridgehead atoms. The summed E-state index contributed by atoms with van der Waals surface area (Å²) < 4.78 is 0. The van der Waals surface area contributed by atoms with Crippen molar-refractivity contribution < 1.29 is 0 Å². The Morgan fingerprint density at radius 2 is 1.78 bits per heavy atom. The van der Waals surface area contributed by atoms with Gasteiger partial charge in [0.05, 0.1) is 0 Å². The van der Waals surface area contributed by atoms with E-state index in [1.807, 2.05) is 0 Å². The molecule has 0 aromatic rings. The van der Waals surface area contributed by atoms with Crippen molar-refractivity contribution in [2.75, 3.05) is 0 Å². The third-order valence-corrected chi connectivity index (χ3v) is 1.89. The minimum absolute atomic E-state index is 0.449. The highest BCUT2D eigenvalue weighted by Crippen LogP contribution is 2.35. The molecule has 0 amide bonds. The maximum absolute atomic E-state index is 2.50. The van der Waals surface area contributed by atoms with Crippen LogP contribution in [0, 0.1) is 17.8 Å². The smallest absolute Gasteiger partial charge is 0.0301 e. The van der Waals surface area contributed by atoms with Crippen LogP contribution in [0.3, 0.4) is 0 Å². The van der Waals surface area contributed by atoms with Crippen molar-refractivity contribution in [2.45, 2.75) is 40.0 Å². The zero-order chi connectivity index (χ0) is 6.91. The molecule has 0 nitrogen and oxygen atoms in total. The predicted octanol–water partition coefficient (Wildman–Crippen LogP) is 3.04. The van der Waals surface area contributed by atoms with Gasteiger partial charge in [0.2, 0.25) is 0 Å². The lowest BCUT2D eigenvalue weighted by Gasteiger charge is -2.31. The van der Waals surface area contributed by atoms with Gasteiger partial charge in [0.25, 0.3) is 0 Å². The molecule has 0 aliphatic heterocycles. The molecule has 1 rings (SSSR count). The second kappa shape index (κ2) is 2.32. The minimum Gasteiger partial charge on any atom is -0.0599 e. The first-order valence-corrected chi connectivity index (χ1v) is 3.94. The Balaban J connectivity index is 2.16. The van der Waals surface area contributed by atoms with Crippen LogP contribution in [0.1, 0.15) is 40.0 Å². The van der Waals surface area contributed by atoms with Crippen LogP contribution < -0.4 is 0 Å². The molecule has 0 atom stereocenters. The molecule has 0 saturated heterocycles. The summed E-state index contributed by atoms with van der Waals surface area (Å²) in [5, 5.41) is 0. The highest BCUT2D eigenvalue weighted by atomic mass is 14.3. The van der Waals surface area contributed by atoms with Gasteiger partial charge in [0.1, 0.15) is 0 Å². The van der Waals surface area contributed by atoms with Crippen LogP contribution in [-0.2, 0) is 0 Å². The monoisotopic (exact) mass is 125 g/mol. The van der Waals surface area contributed by atoms with E-state index in [-0.39, 0.29) is 0 Å².